The van der Waals surface area contributed by atoms with Crippen LogP contribution in [0.5, 0.6) is 11.5 Å². The van der Waals surface area contributed by atoms with Gasteiger partial charge in [0.05, 0.1) is 0 Å². The van der Waals surface area contributed by atoms with Crippen LogP contribution in [0.1, 0.15) is 24.3 Å². The Balaban J connectivity index is 0.000000956. The van der Waals surface area contributed by atoms with Crippen molar-refractivity contribution < 1.29 is 9.53 Å². The zero-order valence-corrected chi connectivity index (χ0v) is 11.9. The molecule has 0 unspecified atom stereocenters. The number of hydrogen-bond donors (Lipinski definition) is 2. The summed E-state index contributed by atoms with van der Waals surface area (Å²) in [6.07, 6.45) is 1.53. The summed E-state index contributed by atoms with van der Waals surface area (Å²) >= 11 is 0. The molecule has 0 bridgehead atoms. The molecule has 1 aromatic heterocycles. The first kappa shape index (κ1) is 15.5. The van der Waals surface area contributed by atoms with Crippen LogP contribution in [0.25, 0.3) is 0 Å². The van der Waals surface area contributed by atoms with Crippen molar-refractivity contribution in [1.29, 1.82) is 0 Å². The summed E-state index contributed by atoms with van der Waals surface area (Å²) in [5.41, 5.74) is 6.56. The van der Waals surface area contributed by atoms with Crippen LogP contribution in [0.3, 0.4) is 0 Å². The monoisotopic (exact) mass is 273 g/mol. The van der Waals surface area contributed by atoms with Gasteiger partial charge in [0, 0.05) is 25.0 Å². The highest BCUT2D eigenvalue weighted by molar-refractivity contribution is 5.92. The second kappa shape index (κ2) is 7.78. The first-order valence-electron chi connectivity index (χ1n) is 6.40. The molecule has 2 aromatic rings. The molecule has 2 rings (SSSR count). The third kappa shape index (κ3) is 4.28. The summed E-state index contributed by atoms with van der Waals surface area (Å²) < 4.78 is 5.59. The molecule has 5 nitrogen and oxygen atoms in total. The van der Waals surface area contributed by atoms with Gasteiger partial charge in [0.2, 0.25) is 0 Å². The molecule has 1 aromatic carbocycles. The molecule has 3 N–H and O–H groups in total. The van der Waals surface area contributed by atoms with Crippen LogP contribution in [0, 0.1) is 0 Å². The number of carbonyl (C=O) groups excluding carboxylic acids is 1. The van der Waals surface area contributed by atoms with Crippen molar-refractivity contribution in [2.45, 2.75) is 13.8 Å². The number of hydrogen-bond acceptors (Lipinski definition) is 4. The third-order valence-corrected chi connectivity index (χ3v) is 2.31. The average Bonchev–Trinajstić information content (AvgIpc) is 2.51. The summed E-state index contributed by atoms with van der Waals surface area (Å²) in [6, 6.07) is 10.3. The largest absolute Gasteiger partial charge is 0.457 e. The summed E-state index contributed by atoms with van der Waals surface area (Å²) in [4.78, 5) is 15.4. The van der Waals surface area contributed by atoms with Gasteiger partial charge >= 0.3 is 0 Å². The van der Waals surface area contributed by atoms with Gasteiger partial charge in [-0.3, -0.25) is 9.78 Å². The van der Waals surface area contributed by atoms with Crippen LogP contribution in [-0.2, 0) is 0 Å². The minimum atomic E-state index is -0.252. The van der Waals surface area contributed by atoms with E-state index in [-0.39, 0.29) is 5.91 Å². The highest BCUT2D eigenvalue weighted by Gasteiger charge is 2.06. The lowest BCUT2D eigenvalue weighted by Crippen LogP contribution is -2.18. The fourth-order valence-electron chi connectivity index (χ4n) is 1.40. The van der Waals surface area contributed by atoms with E-state index < -0.39 is 0 Å². The summed E-state index contributed by atoms with van der Waals surface area (Å²) in [5.74, 6) is 0.949. The van der Waals surface area contributed by atoms with Gasteiger partial charge < -0.3 is 15.8 Å². The van der Waals surface area contributed by atoms with E-state index in [2.05, 4.69) is 10.3 Å². The molecule has 5 heteroatoms. The smallest absolute Gasteiger partial charge is 0.269 e. The molecular formula is C15H19N3O2. The number of ether oxygens (including phenoxy) is 1. The van der Waals surface area contributed by atoms with E-state index in [0.29, 0.717) is 22.9 Å². The molecular weight excluding hydrogens is 254 g/mol. The van der Waals surface area contributed by atoms with E-state index in [1.807, 2.05) is 13.8 Å². The number of nitrogens with one attached hydrogen (secondary N) is 1. The number of carbonyl (C=O) groups is 1. The number of nitrogens with zero attached hydrogens (tertiary/aromatic N) is 1. The van der Waals surface area contributed by atoms with Gasteiger partial charge in [0.15, 0.2) is 0 Å². The molecule has 0 aliphatic heterocycles. The predicted octanol–water partition coefficient (Wildman–Crippen LogP) is 2.84. The SMILES string of the molecule is CC.CNC(=O)c1cc(Oc2ccc(N)cc2)ccn1. The molecule has 1 heterocycles. The fourth-order valence-corrected chi connectivity index (χ4v) is 1.40. The Labute approximate surface area is 118 Å². The van der Waals surface area contributed by atoms with Gasteiger partial charge in [-0.15, -0.1) is 0 Å². The van der Waals surface area contributed by atoms with Crippen molar-refractivity contribution in [2.24, 2.45) is 0 Å². The number of aromatic nitrogens is 1. The van der Waals surface area contributed by atoms with E-state index in [1.54, 1.807) is 43.4 Å². The van der Waals surface area contributed by atoms with Crippen molar-refractivity contribution in [2.75, 3.05) is 12.8 Å². The fraction of sp³-hybridized carbons (Fsp3) is 0.200. The lowest BCUT2D eigenvalue weighted by Gasteiger charge is -2.06. The van der Waals surface area contributed by atoms with Crippen LogP contribution < -0.4 is 15.8 Å². The second-order valence-electron chi connectivity index (χ2n) is 3.63. The molecule has 1 amide bonds. The molecule has 0 radical (unpaired) electrons. The molecule has 0 saturated carbocycles. The molecule has 0 saturated heterocycles. The van der Waals surface area contributed by atoms with Crippen molar-refractivity contribution in [1.82, 2.24) is 10.3 Å². The van der Waals surface area contributed by atoms with Gasteiger partial charge in [-0.1, -0.05) is 13.8 Å². The van der Waals surface area contributed by atoms with Crippen molar-refractivity contribution >= 4 is 11.6 Å². The topological polar surface area (TPSA) is 77.2 Å². The minimum absolute atomic E-state index is 0.252. The zero-order valence-electron chi connectivity index (χ0n) is 11.9. The summed E-state index contributed by atoms with van der Waals surface area (Å²) in [7, 11) is 1.55. The number of nitrogens with two attached hydrogens (primary N) is 1. The highest BCUT2D eigenvalue weighted by Crippen LogP contribution is 2.22. The molecule has 0 aliphatic carbocycles. The van der Waals surface area contributed by atoms with Crippen LogP contribution in [0.15, 0.2) is 42.6 Å². The first-order chi connectivity index (χ1) is 9.69. The van der Waals surface area contributed by atoms with Crippen molar-refractivity contribution in [3.63, 3.8) is 0 Å². The summed E-state index contributed by atoms with van der Waals surface area (Å²) in [5, 5.41) is 2.51. The Morgan fingerprint density at radius 3 is 2.40 bits per heavy atom. The number of rotatable bonds is 3. The average molecular weight is 273 g/mol. The van der Waals surface area contributed by atoms with Crippen molar-refractivity contribution in [3.8, 4) is 11.5 Å². The highest BCUT2D eigenvalue weighted by atomic mass is 16.5. The molecule has 20 heavy (non-hydrogen) atoms. The third-order valence-electron chi connectivity index (χ3n) is 2.31. The minimum Gasteiger partial charge on any atom is -0.457 e. The maximum absolute atomic E-state index is 11.4. The standard InChI is InChI=1S/C13H13N3O2.C2H6/c1-15-13(17)12-8-11(6-7-16-12)18-10-4-2-9(14)3-5-10;1-2/h2-8H,14H2,1H3,(H,15,17);1-2H3. The van der Waals surface area contributed by atoms with Crippen molar-refractivity contribution in [3.05, 3.63) is 48.3 Å². The van der Waals surface area contributed by atoms with Gasteiger partial charge in [-0.25, -0.2) is 0 Å². The lowest BCUT2D eigenvalue weighted by molar-refractivity contribution is 0.0958. The van der Waals surface area contributed by atoms with E-state index in [4.69, 9.17) is 10.5 Å². The summed E-state index contributed by atoms with van der Waals surface area (Å²) in [6.45, 7) is 4.00. The Morgan fingerprint density at radius 1 is 1.15 bits per heavy atom. The molecule has 106 valence electrons. The normalized spacial score (nSPS) is 9.15. The van der Waals surface area contributed by atoms with E-state index in [9.17, 15) is 4.79 Å². The van der Waals surface area contributed by atoms with Gasteiger partial charge in [0.25, 0.3) is 5.91 Å². The number of pyridine rings is 1. The van der Waals surface area contributed by atoms with E-state index >= 15 is 0 Å². The Bertz CT molecular complexity index is 553. The van der Waals surface area contributed by atoms with E-state index in [0.717, 1.165) is 0 Å². The second-order valence-corrected chi connectivity index (χ2v) is 3.63. The lowest BCUT2D eigenvalue weighted by atomic mass is 10.3. The molecule has 0 spiro atoms. The number of anilines is 1. The van der Waals surface area contributed by atoms with Gasteiger partial charge in [-0.2, -0.15) is 0 Å². The van der Waals surface area contributed by atoms with Gasteiger partial charge in [0.1, 0.15) is 17.2 Å². The van der Waals surface area contributed by atoms with Crippen LogP contribution in [-0.4, -0.2) is 17.9 Å². The molecule has 0 fully saturated rings. The molecule has 0 atom stereocenters. The van der Waals surface area contributed by atoms with Gasteiger partial charge in [-0.05, 0) is 30.3 Å². The zero-order chi connectivity index (χ0) is 15.0. The first-order valence-corrected chi connectivity index (χ1v) is 6.40. The van der Waals surface area contributed by atoms with Crippen LogP contribution >= 0.6 is 0 Å². The predicted molar refractivity (Wildman–Crippen MR) is 79.9 cm³/mol. The number of benzene rings is 1. The van der Waals surface area contributed by atoms with Crippen LogP contribution in [0.4, 0.5) is 5.69 Å². The Kier molecular flexibility index (Phi) is 6.03. The Morgan fingerprint density at radius 2 is 1.80 bits per heavy atom. The maximum atomic E-state index is 11.4. The van der Waals surface area contributed by atoms with E-state index in [1.165, 1.54) is 6.20 Å². The quantitative estimate of drug-likeness (QED) is 0.843. The number of nitrogen functional groups attached to an aromatic ring is 1. The molecule has 0 aliphatic rings. The Hall–Kier alpha value is -2.56. The maximum Gasteiger partial charge on any atom is 0.269 e. The number of amides is 1. The van der Waals surface area contributed by atoms with Crippen LogP contribution in [0.2, 0.25) is 0 Å².